The maximum absolute atomic E-state index is 11.0. The first kappa shape index (κ1) is 15.0. The van der Waals surface area contributed by atoms with Gasteiger partial charge in [0, 0.05) is 13.0 Å². The molecule has 1 heterocycles. The minimum atomic E-state index is -0.557. The van der Waals surface area contributed by atoms with Crippen LogP contribution < -0.4 is 0 Å². The Labute approximate surface area is 124 Å². The first-order valence-electron chi connectivity index (χ1n) is 7.48. The number of aromatic nitrogens is 2. The monoisotopic (exact) mass is 328 g/mol. The van der Waals surface area contributed by atoms with Gasteiger partial charge >= 0.3 is 0 Å². The number of aliphatic hydroxyl groups is 1. The van der Waals surface area contributed by atoms with Gasteiger partial charge in [0.2, 0.25) is 0 Å². The zero-order valence-electron chi connectivity index (χ0n) is 12.2. The Morgan fingerprint density at radius 3 is 2.74 bits per heavy atom. The van der Waals surface area contributed by atoms with Crippen molar-refractivity contribution in [3.8, 4) is 0 Å². The first-order valence-corrected chi connectivity index (χ1v) is 8.27. The smallest absolute Gasteiger partial charge is 0.0766 e. The fraction of sp³-hybridized carbons (Fsp3) is 0.800. The number of rotatable bonds is 4. The highest BCUT2D eigenvalue weighted by atomic mass is 79.9. The Balaban J connectivity index is 2.29. The molecule has 1 aliphatic rings. The molecular weight excluding hydrogens is 304 g/mol. The fourth-order valence-corrected chi connectivity index (χ4v) is 3.84. The molecule has 0 saturated heterocycles. The van der Waals surface area contributed by atoms with E-state index >= 15 is 0 Å². The summed E-state index contributed by atoms with van der Waals surface area (Å²) < 4.78 is 3.14. The molecule has 1 aromatic rings. The van der Waals surface area contributed by atoms with E-state index in [9.17, 15) is 5.11 Å². The third kappa shape index (κ3) is 2.89. The molecule has 0 bridgehead atoms. The maximum atomic E-state index is 11.0. The highest BCUT2D eigenvalue weighted by Gasteiger charge is 2.37. The van der Waals surface area contributed by atoms with Gasteiger partial charge in [-0.1, -0.05) is 26.7 Å². The second kappa shape index (κ2) is 5.96. The number of nitrogens with zero attached hydrogens (tertiary/aromatic N) is 2. The molecule has 0 amide bonds. The average molecular weight is 329 g/mol. The van der Waals surface area contributed by atoms with E-state index in [0.29, 0.717) is 5.92 Å². The second-order valence-electron chi connectivity index (χ2n) is 5.80. The van der Waals surface area contributed by atoms with Crippen molar-refractivity contribution >= 4 is 15.9 Å². The van der Waals surface area contributed by atoms with E-state index in [0.717, 1.165) is 54.5 Å². The second-order valence-corrected chi connectivity index (χ2v) is 6.60. The van der Waals surface area contributed by atoms with Gasteiger partial charge in [-0.05, 0) is 48.0 Å². The van der Waals surface area contributed by atoms with Gasteiger partial charge in [0.1, 0.15) is 0 Å². The van der Waals surface area contributed by atoms with Gasteiger partial charge in [-0.25, -0.2) is 0 Å². The number of hydrogen-bond donors (Lipinski definition) is 1. The summed E-state index contributed by atoms with van der Waals surface area (Å²) in [6.07, 6.45) is 6.08. The van der Waals surface area contributed by atoms with Crippen LogP contribution in [0.1, 0.15) is 57.8 Å². The Bertz CT molecular complexity index is 444. The van der Waals surface area contributed by atoms with Crippen LogP contribution in [0.25, 0.3) is 0 Å². The molecule has 1 fully saturated rings. The van der Waals surface area contributed by atoms with Crippen molar-refractivity contribution in [1.82, 2.24) is 9.78 Å². The lowest BCUT2D eigenvalue weighted by atomic mass is 9.74. The molecule has 1 aromatic heterocycles. The molecule has 108 valence electrons. The maximum Gasteiger partial charge on any atom is 0.0766 e. The van der Waals surface area contributed by atoms with E-state index in [2.05, 4.69) is 41.8 Å². The van der Waals surface area contributed by atoms with Crippen LogP contribution in [0, 0.1) is 5.92 Å². The summed E-state index contributed by atoms with van der Waals surface area (Å²) in [6, 6.07) is 0. The van der Waals surface area contributed by atoms with E-state index in [4.69, 9.17) is 0 Å². The number of halogens is 1. The Morgan fingerprint density at radius 2 is 2.16 bits per heavy atom. The van der Waals surface area contributed by atoms with E-state index in [1.54, 1.807) is 0 Å². The van der Waals surface area contributed by atoms with Crippen molar-refractivity contribution in [2.75, 3.05) is 0 Å². The molecular formula is C15H25BrN2O. The van der Waals surface area contributed by atoms with Gasteiger partial charge in [-0.15, -0.1) is 0 Å². The van der Waals surface area contributed by atoms with Crippen LogP contribution in [0.2, 0.25) is 0 Å². The lowest BCUT2D eigenvalue weighted by molar-refractivity contribution is -0.0420. The Morgan fingerprint density at radius 1 is 1.42 bits per heavy atom. The molecule has 0 aromatic carbocycles. The predicted octanol–water partition coefficient (Wildman–Crippen LogP) is 3.71. The molecule has 3 nitrogen and oxygen atoms in total. The molecule has 4 heteroatoms. The molecule has 0 spiro atoms. The fourth-order valence-electron chi connectivity index (χ4n) is 3.14. The summed E-state index contributed by atoms with van der Waals surface area (Å²) >= 11 is 3.68. The highest BCUT2D eigenvalue weighted by molar-refractivity contribution is 9.10. The largest absolute Gasteiger partial charge is 0.389 e. The van der Waals surface area contributed by atoms with Crippen LogP contribution in [-0.2, 0) is 19.4 Å². The Kier molecular flexibility index (Phi) is 4.72. The van der Waals surface area contributed by atoms with Crippen LogP contribution in [-0.4, -0.2) is 20.5 Å². The lowest BCUT2D eigenvalue weighted by Gasteiger charge is -2.38. The topological polar surface area (TPSA) is 38.0 Å². The standard InChI is InChI=1S/C15H25BrN2O/c1-4-12-14(16)13(18(5-2)17-12)10-15(19)9-7-6-8-11(15)3/h11,19H,4-10H2,1-3H3. The SMILES string of the molecule is CCc1nn(CC)c(CC2(O)CCCCC2C)c1Br. The van der Waals surface area contributed by atoms with Crippen molar-refractivity contribution in [1.29, 1.82) is 0 Å². The minimum absolute atomic E-state index is 0.374. The van der Waals surface area contributed by atoms with E-state index < -0.39 is 5.60 Å². The summed E-state index contributed by atoms with van der Waals surface area (Å²) in [5.41, 5.74) is 1.71. The quantitative estimate of drug-likeness (QED) is 0.914. The summed E-state index contributed by atoms with van der Waals surface area (Å²) in [7, 11) is 0. The predicted molar refractivity (Wildman–Crippen MR) is 81.3 cm³/mol. The van der Waals surface area contributed by atoms with Crippen molar-refractivity contribution in [2.45, 2.75) is 71.4 Å². The third-order valence-corrected chi connectivity index (χ3v) is 5.50. The summed E-state index contributed by atoms with van der Waals surface area (Å²) in [5, 5.41) is 15.6. The average Bonchev–Trinajstić information content (AvgIpc) is 2.70. The summed E-state index contributed by atoms with van der Waals surface area (Å²) in [4.78, 5) is 0. The van der Waals surface area contributed by atoms with Crippen molar-refractivity contribution in [3.05, 3.63) is 15.9 Å². The summed E-state index contributed by atoms with van der Waals surface area (Å²) in [6.45, 7) is 7.27. The molecule has 1 N–H and O–H groups in total. The molecule has 19 heavy (non-hydrogen) atoms. The van der Waals surface area contributed by atoms with Gasteiger partial charge in [-0.2, -0.15) is 5.10 Å². The molecule has 2 atom stereocenters. The highest BCUT2D eigenvalue weighted by Crippen LogP contribution is 2.38. The van der Waals surface area contributed by atoms with Crippen molar-refractivity contribution in [3.63, 3.8) is 0 Å². The van der Waals surface area contributed by atoms with Crippen LogP contribution >= 0.6 is 15.9 Å². The molecule has 2 rings (SSSR count). The van der Waals surface area contributed by atoms with Crippen LogP contribution in [0.4, 0.5) is 0 Å². The lowest BCUT2D eigenvalue weighted by Crippen LogP contribution is -2.41. The Hall–Kier alpha value is -0.350. The van der Waals surface area contributed by atoms with Gasteiger partial charge < -0.3 is 5.11 Å². The minimum Gasteiger partial charge on any atom is -0.389 e. The molecule has 1 saturated carbocycles. The zero-order valence-corrected chi connectivity index (χ0v) is 13.8. The molecule has 0 aliphatic heterocycles. The molecule has 1 aliphatic carbocycles. The normalized spacial score (nSPS) is 27.7. The number of hydrogen-bond acceptors (Lipinski definition) is 2. The van der Waals surface area contributed by atoms with Crippen LogP contribution in [0.3, 0.4) is 0 Å². The summed E-state index contributed by atoms with van der Waals surface area (Å²) in [5.74, 6) is 0.374. The first-order chi connectivity index (χ1) is 9.01. The van der Waals surface area contributed by atoms with Crippen LogP contribution in [0.15, 0.2) is 4.47 Å². The third-order valence-electron chi connectivity index (χ3n) is 4.58. The van der Waals surface area contributed by atoms with E-state index in [1.165, 1.54) is 6.42 Å². The van der Waals surface area contributed by atoms with Gasteiger partial charge in [0.05, 0.1) is 21.5 Å². The van der Waals surface area contributed by atoms with Crippen LogP contribution in [0.5, 0.6) is 0 Å². The van der Waals surface area contributed by atoms with Gasteiger partial charge in [-0.3, -0.25) is 4.68 Å². The van der Waals surface area contributed by atoms with E-state index in [1.807, 2.05) is 4.68 Å². The van der Waals surface area contributed by atoms with Crippen molar-refractivity contribution in [2.24, 2.45) is 5.92 Å². The van der Waals surface area contributed by atoms with E-state index in [-0.39, 0.29) is 0 Å². The molecule has 2 unspecified atom stereocenters. The zero-order chi connectivity index (χ0) is 14.0. The van der Waals surface area contributed by atoms with Gasteiger partial charge in [0.15, 0.2) is 0 Å². The van der Waals surface area contributed by atoms with Crippen molar-refractivity contribution < 1.29 is 5.11 Å². The molecule has 0 radical (unpaired) electrons. The van der Waals surface area contributed by atoms with Gasteiger partial charge in [0.25, 0.3) is 0 Å². The number of aryl methyl sites for hydroxylation is 2.